The molecule has 0 bridgehead atoms. The van der Waals surface area contributed by atoms with Crippen LogP contribution in [0.4, 0.5) is 8.78 Å². The lowest BCUT2D eigenvalue weighted by Gasteiger charge is -2.35. The number of rotatable bonds is 8. The van der Waals surface area contributed by atoms with E-state index < -0.39 is 29.8 Å². The maximum atomic E-state index is 13.0. The summed E-state index contributed by atoms with van der Waals surface area (Å²) in [7, 11) is 0. The number of nitrogens with one attached hydrogen (secondary N) is 3. The lowest BCUT2D eigenvalue weighted by atomic mass is 9.79. The van der Waals surface area contributed by atoms with Crippen LogP contribution in [0.2, 0.25) is 0 Å². The van der Waals surface area contributed by atoms with Crippen molar-refractivity contribution in [1.29, 1.82) is 5.26 Å². The number of amides is 3. The Morgan fingerprint density at radius 2 is 1.97 bits per heavy atom. The summed E-state index contributed by atoms with van der Waals surface area (Å²) in [5.74, 6) is -4.47. The molecule has 1 aliphatic heterocycles. The fraction of sp³-hybridized carbons (Fsp3) is 0.800. The summed E-state index contributed by atoms with van der Waals surface area (Å²) in [6.45, 7) is 6.29. The van der Waals surface area contributed by atoms with Gasteiger partial charge in [0, 0.05) is 31.7 Å². The first-order chi connectivity index (χ1) is 13.4. The zero-order valence-electron chi connectivity index (χ0n) is 17.2. The van der Waals surface area contributed by atoms with Gasteiger partial charge >= 0.3 is 0 Å². The molecule has 0 aromatic heterocycles. The first-order valence-electron chi connectivity index (χ1n) is 10.0. The Hall–Kier alpha value is -2.24. The second kappa shape index (κ2) is 9.06. The van der Waals surface area contributed by atoms with E-state index in [1.807, 2.05) is 26.8 Å². The van der Waals surface area contributed by atoms with Crippen LogP contribution in [-0.2, 0) is 14.4 Å². The molecule has 3 atom stereocenters. The molecule has 2 aliphatic rings. The smallest absolute Gasteiger partial charge is 0.248 e. The highest BCUT2D eigenvalue weighted by molar-refractivity contribution is 5.88. The Kier molecular flexibility index (Phi) is 7.20. The highest BCUT2D eigenvalue weighted by atomic mass is 19.3. The van der Waals surface area contributed by atoms with E-state index in [0.717, 1.165) is 0 Å². The molecule has 7 nitrogen and oxygen atoms in total. The molecular weight excluding hydrogens is 382 g/mol. The van der Waals surface area contributed by atoms with Crippen LogP contribution in [0.15, 0.2) is 0 Å². The summed E-state index contributed by atoms with van der Waals surface area (Å²) >= 11 is 0. The molecule has 0 aromatic carbocycles. The number of alkyl halides is 2. The monoisotopic (exact) mass is 412 g/mol. The molecule has 2 rings (SSSR count). The Bertz CT molecular complexity index is 676. The van der Waals surface area contributed by atoms with Crippen molar-refractivity contribution < 1.29 is 23.2 Å². The van der Waals surface area contributed by atoms with Crippen LogP contribution >= 0.6 is 0 Å². The first kappa shape index (κ1) is 23.0. The van der Waals surface area contributed by atoms with E-state index in [1.165, 1.54) is 0 Å². The number of nitriles is 1. The van der Waals surface area contributed by atoms with Crippen molar-refractivity contribution in [1.82, 2.24) is 16.0 Å². The standard InChI is InChI=1S/C20H30F2N4O3/c1-19(2,3)10-15(26-16(27)6-12-8-20(21,22)9-12)18(29)25-14(11-23)7-13-4-5-24-17(13)28/h12-15H,4-10H2,1-3H3,(H,24,28)(H,25,29)(H,26,27)/t13-,14-,15-/m0/s1. The van der Waals surface area contributed by atoms with Crippen molar-refractivity contribution in [3.05, 3.63) is 0 Å². The summed E-state index contributed by atoms with van der Waals surface area (Å²) < 4.78 is 25.9. The average Bonchev–Trinajstić information content (AvgIpc) is 2.95. The topological polar surface area (TPSA) is 111 Å². The van der Waals surface area contributed by atoms with Crippen molar-refractivity contribution in [3.8, 4) is 6.07 Å². The van der Waals surface area contributed by atoms with E-state index >= 15 is 0 Å². The lowest BCUT2D eigenvalue weighted by molar-refractivity contribution is -0.137. The predicted octanol–water partition coefficient (Wildman–Crippen LogP) is 1.88. The molecule has 0 spiro atoms. The lowest BCUT2D eigenvalue weighted by Crippen LogP contribution is -2.52. The first-order valence-corrected chi connectivity index (χ1v) is 10.0. The minimum absolute atomic E-state index is 0.0482. The third kappa shape index (κ3) is 7.26. The quantitative estimate of drug-likeness (QED) is 0.565. The van der Waals surface area contributed by atoms with Crippen molar-refractivity contribution in [2.75, 3.05) is 6.54 Å². The van der Waals surface area contributed by atoms with Gasteiger partial charge in [-0.15, -0.1) is 0 Å². The minimum Gasteiger partial charge on any atom is -0.356 e. The number of nitrogens with zero attached hydrogens (tertiary/aromatic N) is 1. The summed E-state index contributed by atoms with van der Waals surface area (Å²) in [5, 5.41) is 17.3. The molecule has 3 N–H and O–H groups in total. The second-order valence-corrected chi connectivity index (χ2v) is 9.42. The molecule has 1 heterocycles. The molecule has 3 amide bonds. The van der Waals surface area contributed by atoms with Crippen LogP contribution in [0.1, 0.15) is 59.3 Å². The molecule has 1 saturated heterocycles. The number of hydrogen-bond donors (Lipinski definition) is 3. The van der Waals surface area contributed by atoms with Gasteiger partial charge in [-0.1, -0.05) is 20.8 Å². The molecule has 0 radical (unpaired) electrons. The summed E-state index contributed by atoms with van der Waals surface area (Å²) in [6.07, 6.45) is 0.483. The van der Waals surface area contributed by atoms with Gasteiger partial charge in [-0.3, -0.25) is 14.4 Å². The predicted molar refractivity (Wildman–Crippen MR) is 102 cm³/mol. The van der Waals surface area contributed by atoms with E-state index in [4.69, 9.17) is 0 Å². The molecule has 162 valence electrons. The van der Waals surface area contributed by atoms with Gasteiger partial charge in [0.05, 0.1) is 6.07 Å². The number of hydrogen-bond acceptors (Lipinski definition) is 4. The van der Waals surface area contributed by atoms with Crippen molar-refractivity contribution in [2.45, 2.75) is 77.3 Å². The van der Waals surface area contributed by atoms with Gasteiger partial charge < -0.3 is 16.0 Å². The van der Waals surface area contributed by atoms with Crippen molar-refractivity contribution >= 4 is 17.7 Å². The molecular formula is C20H30F2N4O3. The van der Waals surface area contributed by atoms with E-state index in [1.54, 1.807) is 0 Å². The van der Waals surface area contributed by atoms with Gasteiger partial charge in [0.15, 0.2) is 0 Å². The fourth-order valence-corrected chi connectivity index (χ4v) is 3.84. The summed E-state index contributed by atoms with van der Waals surface area (Å²) in [5.41, 5.74) is -0.285. The summed E-state index contributed by atoms with van der Waals surface area (Å²) in [6, 6.07) is 0.278. The number of carbonyl (C=O) groups excluding carboxylic acids is 3. The van der Waals surface area contributed by atoms with Gasteiger partial charge in [0.1, 0.15) is 12.1 Å². The maximum Gasteiger partial charge on any atom is 0.248 e. The Morgan fingerprint density at radius 3 is 2.45 bits per heavy atom. The molecule has 29 heavy (non-hydrogen) atoms. The molecule has 1 saturated carbocycles. The van der Waals surface area contributed by atoms with E-state index in [0.29, 0.717) is 19.4 Å². The third-order valence-electron chi connectivity index (χ3n) is 5.27. The SMILES string of the molecule is CC(C)(C)C[C@H](NC(=O)CC1CC(F)(F)C1)C(=O)N[C@H](C#N)C[C@@H]1CCNC1=O. The molecule has 9 heteroatoms. The normalized spacial score (nSPS) is 23.3. The van der Waals surface area contributed by atoms with Crippen LogP contribution in [0.5, 0.6) is 0 Å². The van der Waals surface area contributed by atoms with Gasteiger partial charge in [-0.05, 0) is 30.6 Å². The van der Waals surface area contributed by atoms with Gasteiger partial charge in [-0.25, -0.2) is 8.78 Å². The van der Waals surface area contributed by atoms with Crippen LogP contribution in [0.3, 0.4) is 0 Å². The highest BCUT2D eigenvalue weighted by Gasteiger charge is 2.46. The second-order valence-electron chi connectivity index (χ2n) is 9.42. The fourth-order valence-electron chi connectivity index (χ4n) is 3.84. The zero-order chi connectivity index (χ0) is 21.8. The van der Waals surface area contributed by atoms with Crippen LogP contribution in [-0.4, -0.2) is 42.3 Å². The van der Waals surface area contributed by atoms with Crippen molar-refractivity contribution in [3.63, 3.8) is 0 Å². The van der Waals surface area contributed by atoms with Gasteiger partial charge in [-0.2, -0.15) is 5.26 Å². The molecule has 2 fully saturated rings. The third-order valence-corrected chi connectivity index (χ3v) is 5.27. The van der Waals surface area contributed by atoms with Gasteiger partial charge in [0.2, 0.25) is 23.6 Å². The molecule has 1 aliphatic carbocycles. The van der Waals surface area contributed by atoms with Crippen LogP contribution < -0.4 is 16.0 Å². The van der Waals surface area contributed by atoms with Gasteiger partial charge in [0.25, 0.3) is 0 Å². The molecule has 0 unspecified atom stereocenters. The van der Waals surface area contributed by atoms with E-state index in [2.05, 4.69) is 16.0 Å². The highest BCUT2D eigenvalue weighted by Crippen LogP contribution is 2.43. The summed E-state index contributed by atoms with van der Waals surface area (Å²) in [4.78, 5) is 36.8. The van der Waals surface area contributed by atoms with Crippen LogP contribution in [0.25, 0.3) is 0 Å². The van der Waals surface area contributed by atoms with E-state index in [-0.39, 0.29) is 48.8 Å². The zero-order valence-corrected chi connectivity index (χ0v) is 17.2. The number of carbonyl (C=O) groups is 3. The van der Waals surface area contributed by atoms with Crippen molar-refractivity contribution in [2.24, 2.45) is 17.3 Å². The molecule has 0 aromatic rings. The van der Waals surface area contributed by atoms with Crippen LogP contribution in [0, 0.1) is 28.6 Å². The van der Waals surface area contributed by atoms with E-state index in [9.17, 15) is 28.4 Å². The minimum atomic E-state index is -2.69. The number of halogens is 2. The average molecular weight is 412 g/mol. The Labute approximate surface area is 170 Å². The Balaban J connectivity index is 1.94. The Morgan fingerprint density at radius 1 is 1.31 bits per heavy atom. The largest absolute Gasteiger partial charge is 0.356 e. The maximum absolute atomic E-state index is 13.0.